The number of hydrogen-bond donors (Lipinski definition) is 1. The SMILES string of the molecule is OC(c1cc(Br)ccc1Cl)C1CCOC2(CCCCC2)C1. The monoisotopic (exact) mass is 372 g/mol. The van der Waals surface area contributed by atoms with E-state index >= 15 is 0 Å². The predicted octanol–water partition coefficient (Wildman–Crippen LogP) is 5.27. The van der Waals surface area contributed by atoms with Crippen molar-refractivity contribution in [3.63, 3.8) is 0 Å². The van der Waals surface area contributed by atoms with Crippen LogP contribution in [0.3, 0.4) is 0 Å². The molecule has 1 N–H and O–H groups in total. The first kappa shape index (κ1) is 15.8. The molecule has 3 rings (SSSR count). The first-order chi connectivity index (χ1) is 10.1. The van der Waals surface area contributed by atoms with Crippen LogP contribution in [0.15, 0.2) is 22.7 Å². The standard InChI is InChI=1S/C17H22BrClO2/c18-13-4-5-15(19)14(10-13)16(20)12-6-9-21-17(11-12)7-2-1-3-8-17/h4-5,10,12,16,20H,1-3,6-9,11H2. The molecule has 1 spiro atoms. The maximum atomic E-state index is 10.8. The second kappa shape index (κ2) is 6.57. The fourth-order valence-corrected chi connectivity index (χ4v) is 4.48. The fourth-order valence-electron chi connectivity index (χ4n) is 3.87. The third-order valence-corrected chi connectivity index (χ3v) is 5.86. The van der Waals surface area contributed by atoms with Crippen molar-refractivity contribution in [2.45, 2.75) is 56.7 Å². The van der Waals surface area contributed by atoms with Crippen molar-refractivity contribution < 1.29 is 9.84 Å². The molecule has 0 bridgehead atoms. The van der Waals surface area contributed by atoms with Crippen molar-refractivity contribution in [2.24, 2.45) is 5.92 Å². The minimum atomic E-state index is -0.502. The number of aliphatic hydroxyl groups excluding tert-OH is 1. The van der Waals surface area contributed by atoms with Crippen LogP contribution in [-0.2, 0) is 4.74 Å². The van der Waals surface area contributed by atoms with Crippen LogP contribution in [0.5, 0.6) is 0 Å². The molecular formula is C17H22BrClO2. The smallest absolute Gasteiger partial charge is 0.0834 e. The molecule has 1 saturated heterocycles. The van der Waals surface area contributed by atoms with Crippen LogP contribution in [0, 0.1) is 5.92 Å². The molecule has 2 fully saturated rings. The Labute approximate surface area is 140 Å². The van der Waals surface area contributed by atoms with E-state index in [9.17, 15) is 5.11 Å². The molecule has 0 aromatic heterocycles. The fraction of sp³-hybridized carbons (Fsp3) is 0.647. The van der Waals surface area contributed by atoms with Gasteiger partial charge in [-0.3, -0.25) is 0 Å². The number of rotatable bonds is 2. The van der Waals surface area contributed by atoms with Gasteiger partial charge in [-0.15, -0.1) is 0 Å². The zero-order valence-corrected chi connectivity index (χ0v) is 14.5. The van der Waals surface area contributed by atoms with Crippen molar-refractivity contribution in [3.8, 4) is 0 Å². The molecule has 1 heterocycles. The molecule has 2 nitrogen and oxygen atoms in total. The number of benzene rings is 1. The summed E-state index contributed by atoms with van der Waals surface area (Å²) in [6.07, 6.45) is 7.46. The highest BCUT2D eigenvalue weighted by Crippen LogP contribution is 2.45. The van der Waals surface area contributed by atoms with Gasteiger partial charge in [-0.1, -0.05) is 46.8 Å². The molecule has 21 heavy (non-hydrogen) atoms. The van der Waals surface area contributed by atoms with Gasteiger partial charge in [0, 0.05) is 21.7 Å². The highest BCUT2D eigenvalue weighted by atomic mass is 79.9. The van der Waals surface area contributed by atoms with Crippen molar-refractivity contribution in [2.75, 3.05) is 6.61 Å². The van der Waals surface area contributed by atoms with Crippen LogP contribution < -0.4 is 0 Å². The molecule has 0 radical (unpaired) electrons. The van der Waals surface area contributed by atoms with Crippen molar-refractivity contribution in [1.29, 1.82) is 0 Å². The Morgan fingerprint density at radius 2 is 2.05 bits per heavy atom. The summed E-state index contributed by atoms with van der Waals surface area (Å²) in [4.78, 5) is 0. The molecule has 2 aliphatic rings. The Bertz CT molecular complexity index is 494. The van der Waals surface area contributed by atoms with Gasteiger partial charge in [0.1, 0.15) is 0 Å². The van der Waals surface area contributed by atoms with Gasteiger partial charge < -0.3 is 9.84 Å². The summed E-state index contributed by atoms with van der Waals surface area (Å²) in [5, 5.41) is 11.5. The molecular weight excluding hydrogens is 352 g/mol. The molecule has 2 atom stereocenters. The van der Waals surface area contributed by atoms with E-state index in [1.807, 2.05) is 18.2 Å². The van der Waals surface area contributed by atoms with Crippen molar-refractivity contribution in [3.05, 3.63) is 33.3 Å². The summed E-state index contributed by atoms with van der Waals surface area (Å²) in [6.45, 7) is 0.757. The summed E-state index contributed by atoms with van der Waals surface area (Å²) in [7, 11) is 0. The number of ether oxygens (including phenoxy) is 1. The van der Waals surface area contributed by atoms with Gasteiger partial charge in [0.15, 0.2) is 0 Å². The maximum absolute atomic E-state index is 10.8. The molecule has 0 amide bonds. The predicted molar refractivity (Wildman–Crippen MR) is 88.6 cm³/mol. The van der Waals surface area contributed by atoms with Gasteiger partial charge in [-0.2, -0.15) is 0 Å². The molecule has 1 aliphatic carbocycles. The lowest BCUT2D eigenvalue weighted by Crippen LogP contribution is -2.42. The Morgan fingerprint density at radius 3 is 2.81 bits per heavy atom. The minimum absolute atomic E-state index is 0.0145. The first-order valence-corrected chi connectivity index (χ1v) is 9.04. The summed E-state index contributed by atoms with van der Waals surface area (Å²) >= 11 is 9.74. The number of aliphatic hydroxyl groups is 1. The van der Waals surface area contributed by atoms with Gasteiger partial charge in [-0.25, -0.2) is 0 Å². The van der Waals surface area contributed by atoms with Crippen molar-refractivity contribution in [1.82, 2.24) is 0 Å². The third kappa shape index (κ3) is 3.47. The number of halogens is 2. The lowest BCUT2D eigenvalue weighted by molar-refractivity contribution is -0.134. The third-order valence-electron chi connectivity index (χ3n) is 5.02. The largest absolute Gasteiger partial charge is 0.388 e. The van der Waals surface area contributed by atoms with E-state index in [-0.39, 0.29) is 11.5 Å². The quantitative estimate of drug-likeness (QED) is 0.765. The second-order valence-corrected chi connectivity index (χ2v) is 7.78. The Kier molecular flexibility index (Phi) is 4.94. The lowest BCUT2D eigenvalue weighted by Gasteiger charge is -2.44. The van der Waals surface area contributed by atoms with E-state index in [1.54, 1.807) is 0 Å². The highest BCUT2D eigenvalue weighted by Gasteiger charge is 2.41. The molecule has 2 unspecified atom stereocenters. The second-order valence-electron chi connectivity index (χ2n) is 6.46. The summed E-state index contributed by atoms with van der Waals surface area (Å²) < 4.78 is 7.08. The van der Waals surface area contributed by atoms with Gasteiger partial charge in [0.2, 0.25) is 0 Å². The molecule has 1 aromatic rings. The normalized spacial score (nSPS) is 26.7. The summed E-state index contributed by atoms with van der Waals surface area (Å²) in [5.74, 6) is 0.239. The average molecular weight is 374 g/mol. The van der Waals surface area contributed by atoms with E-state index in [4.69, 9.17) is 16.3 Å². The van der Waals surface area contributed by atoms with Gasteiger partial charge in [-0.05, 0) is 49.8 Å². The van der Waals surface area contributed by atoms with Gasteiger partial charge >= 0.3 is 0 Å². The maximum Gasteiger partial charge on any atom is 0.0834 e. The van der Waals surface area contributed by atoms with E-state index < -0.39 is 6.10 Å². The molecule has 1 saturated carbocycles. The van der Waals surface area contributed by atoms with E-state index in [0.717, 1.165) is 42.3 Å². The molecule has 116 valence electrons. The first-order valence-electron chi connectivity index (χ1n) is 7.87. The highest BCUT2D eigenvalue weighted by molar-refractivity contribution is 9.10. The molecule has 1 aliphatic heterocycles. The van der Waals surface area contributed by atoms with Crippen molar-refractivity contribution >= 4 is 27.5 Å². The van der Waals surface area contributed by atoms with Crippen LogP contribution in [0.25, 0.3) is 0 Å². The van der Waals surface area contributed by atoms with Gasteiger partial charge in [0.25, 0.3) is 0 Å². The van der Waals surface area contributed by atoms with Gasteiger partial charge in [0.05, 0.1) is 11.7 Å². The van der Waals surface area contributed by atoms with E-state index in [1.165, 1.54) is 19.3 Å². The minimum Gasteiger partial charge on any atom is -0.388 e. The molecule has 4 heteroatoms. The van der Waals surface area contributed by atoms with E-state index in [2.05, 4.69) is 15.9 Å². The van der Waals surface area contributed by atoms with Crippen LogP contribution in [0.2, 0.25) is 5.02 Å². The van der Waals surface area contributed by atoms with Crippen LogP contribution in [0.4, 0.5) is 0 Å². The summed E-state index contributed by atoms with van der Waals surface area (Å²) in [5.41, 5.74) is 0.851. The zero-order chi connectivity index (χ0) is 14.9. The zero-order valence-electron chi connectivity index (χ0n) is 12.2. The lowest BCUT2D eigenvalue weighted by atomic mass is 9.74. The topological polar surface area (TPSA) is 29.5 Å². The average Bonchev–Trinajstić information content (AvgIpc) is 2.50. The molecule has 1 aromatic carbocycles. The summed E-state index contributed by atoms with van der Waals surface area (Å²) in [6, 6.07) is 5.70. The van der Waals surface area contributed by atoms with E-state index in [0.29, 0.717) is 5.02 Å². The Morgan fingerprint density at radius 1 is 1.29 bits per heavy atom. The Hall–Kier alpha value is -0.0900. The van der Waals surface area contributed by atoms with Crippen LogP contribution in [-0.4, -0.2) is 17.3 Å². The Balaban J connectivity index is 1.77. The number of hydrogen-bond acceptors (Lipinski definition) is 2. The van der Waals surface area contributed by atoms with Crippen LogP contribution in [0.1, 0.15) is 56.6 Å². The van der Waals surface area contributed by atoms with Crippen LogP contribution >= 0.6 is 27.5 Å².